The molecule has 11 heavy (non-hydrogen) atoms. The van der Waals surface area contributed by atoms with Crippen LogP contribution in [0.5, 0.6) is 0 Å². The van der Waals surface area contributed by atoms with Crippen LogP contribution in [0.15, 0.2) is 24.4 Å². The van der Waals surface area contributed by atoms with Crippen molar-refractivity contribution in [3.8, 4) is 0 Å². The fraction of sp³-hybridized carbons (Fsp3) is 0. The average Bonchev–Trinajstić information content (AvgIpc) is 2.35. The van der Waals surface area contributed by atoms with Gasteiger partial charge in [-0.25, -0.2) is 0 Å². The highest BCUT2D eigenvalue weighted by Crippen LogP contribution is 2.21. The van der Waals surface area contributed by atoms with Crippen molar-refractivity contribution in [3.05, 3.63) is 29.4 Å². The third kappa shape index (κ3) is 0.851. The highest BCUT2D eigenvalue weighted by Gasteiger charge is 2.01. The number of nitrogen functional groups attached to an aromatic ring is 1. The molecule has 0 fully saturated rings. The molecule has 2 rings (SSSR count). The minimum absolute atomic E-state index is 0.680. The van der Waals surface area contributed by atoms with Crippen LogP contribution in [0.25, 0.3) is 10.9 Å². The van der Waals surface area contributed by atoms with Crippen molar-refractivity contribution >= 4 is 22.5 Å². The standard InChI is InChI=1S/C7H6ClN3/c8-6-2-1-3-7-5(6)4-10-11(7)9/h1-4H,9H2. The Bertz CT molecular complexity index is 393. The van der Waals surface area contributed by atoms with Gasteiger partial charge in [0, 0.05) is 5.39 Å². The Balaban J connectivity index is 2.94. The summed E-state index contributed by atoms with van der Waals surface area (Å²) in [6, 6.07) is 5.52. The highest BCUT2D eigenvalue weighted by atomic mass is 35.5. The highest BCUT2D eigenvalue weighted by molar-refractivity contribution is 6.35. The fourth-order valence-electron chi connectivity index (χ4n) is 1.04. The van der Waals surface area contributed by atoms with Gasteiger partial charge in [-0.2, -0.15) is 9.89 Å². The smallest absolute Gasteiger partial charge is 0.0931 e. The fourth-order valence-corrected chi connectivity index (χ4v) is 1.25. The van der Waals surface area contributed by atoms with Gasteiger partial charge in [0.25, 0.3) is 0 Å². The summed E-state index contributed by atoms with van der Waals surface area (Å²) in [5, 5.41) is 5.43. The maximum atomic E-state index is 5.86. The molecule has 0 unspecified atom stereocenters. The van der Waals surface area contributed by atoms with E-state index in [0.717, 1.165) is 10.9 Å². The van der Waals surface area contributed by atoms with Crippen LogP contribution in [0.3, 0.4) is 0 Å². The lowest BCUT2D eigenvalue weighted by Crippen LogP contribution is -2.08. The number of benzene rings is 1. The van der Waals surface area contributed by atoms with E-state index in [1.807, 2.05) is 18.2 Å². The molecule has 0 saturated heterocycles. The summed E-state index contributed by atoms with van der Waals surface area (Å²) < 4.78 is 0. The van der Waals surface area contributed by atoms with E-state index in [1.165, 1.54) is 4.79 Å². The van der Waals surface area contributed by atoms with Crippen molar-refractivity contribution in [1.82, 2.24) is 9.89 Å². The number of nitrogens with two attached hydrogens (primary N) is 1. The molecule has 3 nitrogen and oxygen atoms in total. The third-order valence-corrected chi connectivity index (χ3v) is 1.92. The van der Waals surface area contributed by atoms with Gasteiger partial charge in [0.15, 0.2) is 0 Å². The van der Waals surface area contributed by atoms with Gasteiger partial charge < -0.3 is 5.84 Å². The molecule has 4 heteroatoms. The Morgan fingerprint density at radius 1 is 1.45 bits per heavy atom. The first-order chi connectivity index (χ1) is 5.29. The van der Waals surface area contributed by atoms with Crippen molar-refractivity contribution in [2.24, 2.45) is 0 Å². The Kier molecular flexibility index (Phi) is 1.26. The number of aromatic nitrogens is 2. The van der Waals surface area contributed by atoms with Crippen LogP contribution in [0, 0.1) is 0 Å². The molecule has 1 aromatic carbocycles. The molecule has 0 aliphatic carbocycles. The second-order valence-electron chi connectivity index (χ2n) is 2.26. The van der Waals surface area contributed by atoms with E-state index in [1.54, 1.807) is 6.20 Å². The molecule has 0 saturated carbocycles. The van der Waals surface area contributed by atoms with E-state index in [0.29, 0.717) is 5.02 Å². The number of nitrogens with zero attached hydrogens (tertiary/aromatic N) is 2. The zero-order valence-electron chi connectivity index (χ0n) is 5.66. The van der Waals surface area contributed by atoms with Crippen molar-refractivity contribution in [2.75, 3.05) is 5.84 Å². The number of rotatable bonds is 0. The van der Waals surface area contributed by atoms with Gasteiger partial charge in [-0.15, -0.1) is 0 Å². The van der Waals surface area contributed by atoms with Crippen LogP contribution < -0.4 is 5.84 Å². The van der Waals surface area contributed by atoms with E-state index >= 15 is 0 Å². The van der Waals surface area contributed by atoms with Gasteiger partial charge in [-0.1, -0.05) is 17.7 Å². The maximum absolute atomic E-state index is 5.86. The van der Waals surface area contributed by atoms with Crippen molar-refractivity contribution in [1.29, 1.82) is 0 Å². The summed E-state index contributed by atoms with van der Waals surface area (Å²) in [6.07, 6.45) is 1.65. The topological polar surface area (TPSA) is 43.8 Å². The van der Waals surface area contributed by atoms with Crippen LogP contribution in [0.4, 0.5) is 0 Å². The molecule has 0 bridgehead atoms. The zero-order valence-corrected chi connectivity index (χ0v) is 6.42. The summed E-state index contributed by atoms with van der Waals surface area (Å²) in [7, 11) is 0. The average molecular weight is 168 g/mol. The van der Waals surface area contributed by atoms with Crippen LogP contribution in [-0.4, -0.2) is 9.89 Å². The monoisotopic (exact) mass is 167 g/mol. The SMILES string of the molecule is Nn1ncc2c(Cl)cccc21. The maximum Gasteiger partial charge on any atom is 0.0931 e. The largest absolute Gasteiger partial charge is 0.323 e. The molecule has 0 aliphatic heterocycles. The molecule has 0 atom stereocenters. The number of hydrogen-bond acceptors (Lipinski definition) is 2. The van der Waals surface area contributed by atoms with Gasteiger partial charge in [0.05, 0.1) is 16.7 Å². The predicted molar refractivity (Wildman–Crippen MR) is 44.9 cm³/mol. The van der Waals surface area contributed by atoms with Gasteiger partial charge in [0.1, 0.15) is 0 Å². The molecule has 1 heterocycles. The van der Waals surface area contributed by atoms with Crippen LogP contribution in [-0.2, 0) is 0 Å². The first-order valence-electron chi connectivity index (χ1n) is 3.16. The lowest BCUT2D eigenvalue weighted by molar-refractivity contribution is 0.863. The quantitative estimate of drug-likeness (QED) is 0.603. The Morgan fingerprint density at radius 2 is 2.27 bits per heavy atom. The van der Waals surface area contributed by atoms with Crippen LogP contribution in [0.2, 0.25) is 5.02 Å². The van der Waals surface area contributed by atoms with Crippen LogP contribution >= 0.6 is 11.6 Å². The van der Waals surface area contributed by atoms with E-state index in [2.05, 4.69) is 5.10 Å². The number of hydrogen-bond donors (Lipinski definition) is 1. The van der Waals surface area contributed by atoms with Gasteiger partial charge in [-0.05, 0) is 12.1 Å². The third-order valence-electron chi connectivity index (χ3n) is 1.59. The summed E-state index contributed by atoms with van der Waals surface area (Å²) >= 11 is 5.86. The molecular weight excluding hydrogens is 162 g/mol. The molecule has 0 spiro atoms. The van der Waals surface area contributed by atoms with E-state index in [9.17, 15) is 0 Å². The lowest BCUT2D eigenvalue weighted by Gasteiger charge is -1.93. The summed E-state index contributed by atoms with van der Waals surface area (Å²) in [6.45, 7) is 0. The van der Waals surface area contributed by atoms with E-state index in [-0.39, 0.29) is 0 Å². The lowest BCUT2D eigenvalue weighted by atomic mass is 10.3. The van der Waals surface area contributed by atoms with Gasteiger partial charge in [-0.3, -0.25) is 0 Å². The molecule has 2 aromatic rings. The van der Waals surface area contributed by atoms with Gasteiger partial charge in [0.2, 0.25) is 0 Å². The second-order valence-corrected chi connectivity index (χ2v) is 2.67. The Morgan fingerprint density at radius 3 is 3.00 bits per heavy atom. The molecule has 56 valence electrons. The molecule has 0 radical (unpaired) electrons. The molecule has 2 N–H and O–H groups in total. The predicted octanol–water partition coefficient (Wildman–Crippen LogP) is 1.40. The minimum atomic E-state index is 0.680. The Hall–Kier alpha value is -1.22. The van der Waals surface area contributed by atoms with E-state index < -0.39 is 0 Å². The van der Waals surface area contributed by atoms with Crippen LogP contribution in [0.1, 0.15) is 0 Å². The first-order valence-corrected chi connectivity index (χ1v) is 3.54. The molecule has 0 aliphatic rings. The minimum Gasteiger partial charge on any atom is -0.323 e. The van der Waals surface area contributed by atoms with Crippen molar-refractivity contribution in [3.63, 3.8) is 0 Å². The second kappa shape index (κ2) is 2.13. The summed E-state index contributed by atoms with van der Waals surface area (Å²) in [5.41, 5.74) is 0.845. The summed E-state index contributed by atoms with van der Waals surface area (Å²) in [4.78, 5) is 1.31. The summed E-state index contributed by atoms with van der Waals surface area (Å²) in [5.74, 6) is 5.49. The Labute approximate surface area is 68.3 Å². The van der Waals surface area contributed by atoms with Crippen molar-refractivity contribution < 1.29 is 0 Å². The normalized spacial score (nSPS) is 10.6. The zero-order chi connectivity index (χ0) is 7.84. The van der Waals surface area contributed by atoms with Gasteiger partial charge >= 0.3 is 0 Å². The number of fused-ring (bicyclic) bond motifs is 1. The molecular formula is C7H6ClN3. The van der Waals surface area contributed by atoms with Crippen molar-refractivity contribution in [2.45, 2.75) is 0 Å². The number of halogens is 1. The first kappa shape index (κ1) is 6.49. The van der Waals surface area contributed by atoms with E-state index in [4.69, 9.17) is 17.4 Å². The molecule has 0 amide bonds. The molecule has 1 aromatic heterocycles.